The van der Waals surface area contributed by atoms with Gasteiger partial charge in [-0.25, -0.2) is 4.79 Å². The highest BCUT2D eigenvalue weighted by atomic mass is 32.1. The number of urea groups is 1. The zero-order chi connectivity index (χ0) is 21.1. The minimum absolute atomic E-state index is 0.00551. The first kappa shape index (κ1) is 21.4. The summed E-state index contributed by atoms with van der Waals surface area (Å²) in [6, 6.07) is 10.2. The lowest BCUT2D eigenvalue weighted by Gasteiger charge is -2.38. The zero-order valence-electron chi connectivity index (χ0n) is 18.0. The quantitative estimate of drug-likeness (QED) is 0.738. The molecule has 2 heterocycles. The molecule has 29 heavy (non-hydrogen) atoms. The van der Waals surface area contributed by atoms with Gasteiger partial charge in [-0.2, -0.15) is 0 Å². The molecular formula is C23H31N3O2S. The molecule has 0 saturated carbocycles. The molecule has 0 radical (unpaired) electrons. The summed E-state index contributed by atoms with van der Waals surface area (Å²) >= 11 is 1.77. The van der Waals surface area contributed by atoms with E-state index in [1.54, 1.807) is 35.2 Å². The largest absolute Gasteiger partial charge is 0.331 e. The third-order valence-electron chi connectivity index (χ3n) is 5.33. The average molecular weight is 414 g/mol. The summed E-state index contributed by atoms with van der Waals surface area (Å²) in [5.74, 6) is 0.301. The fraction of sp³-hybridized carbons (Fsp3) is 0.478. The van der Waals surface area contributed by atoms with Crippen molar-refractivity contribution in [3.63, 3.8) is 0 Å². The predicted molar refractivity (Wildman–Crippen MR) is 118 cm³/mol. The number of aryl methyl sites for hydroxylation is 1. The van der Waals surface area contributed by atoms with Crippen LogP contribution in [0.15, 0.2) is 35.7 Å². The third kappa shape index (κ3) is 4.64. The van der Waals surface area contributed by atoms with Crippen LogP contribution in [0.2, 0.25) is 0 Å². The molecule has 1 aliphatic rings. The van der Waals surface area contributed by atoms with Gasteiger partial charge in [-0.15, -0.1) is 11.3 Å². The van der Waals surface area contributed by atoms with Crippen LogP contribution in [0.5, 0.6) is 0 Å². The van der Waals surface area contributed by atoms with Crippen molar-refractivity contribution in [2.45, 2.75) is 33.2 Å². The van der Waals surface area contributed by atoms with Gasteiger partial charge in [0, 0.05) is 32.1 Å². The van der Waals surface area contributed by atoms with Crippen molar-refractivity contribution in [3.8, 4) is 0 Å². The van der Waals surface area contributed by atoms with Crippen LogP contribution in [-0.4, -0.2) is 60.4 Å². The third-order valence-corrected chi connectivity index (χ3v) is 6.33. The second-order valence-electron chi connectivity index (χ2n) is 8.35. The average Bonchev–Trinajstić information content (AvgIpc) is 3.15. The van der Waals surface area contributed by atoms with Crippen molar-refractivity contribution < 1.29 is 9.59 Å². The van der Waals surface area contributed by atoms with Gasteiger partial charge < -0.3 is 14.7 Å². The molecule has 0 unspecified atom stereocenters. The van der Waals surface area contributed by atoms with Crippen molar-refractivity contribution in [2.75, 3.05) is 33.7 Å². The van der Waals surface area contributed by atoms with Crippen LogP contribution in [-0.2, 0) is 11.2 Å². The van der Waals surface area contributed by atoms with E-state index >= 15 is 0 Å². The minimum atomic E-state index is -0.118. The van der Waals surface area contributed by atoms with Gasteiger partial charge in [-0.05, 0) is 47.4 Å². The molecule has 1 aliphatic heterocycles. The number of benzene rings is 1. The number of carbonyl (C=O) groups is 2. The number of carbonyl (C=O) groups excluding carboxylic acids is 2. The van der Waals surface area contributed by atoms with Crippen LogP contribution in [0.3, 0.4) is 0 Å². The summed E-state index contributed by atoms with van der Waals surface area (Å²) < 4.78 is 0. The van der Waals surface area contributed by atoms with E-state index in [4.69, 9.17) is 0 Å². The Hall–Kier alpha value is -2.34. The Morgan fingerprint density at radius 3 is 2.55 bits per heavy atom. The van der Waals surface area contributed by atoms with Gasteiger partial charge >= 0.3 is 6.03 Å². The van der Waals surface area contributed by atoms with Crippen LogP contribution in [0.1, 0.15) is 41.5 Å². The second-order valence-corrected chi connectivity index (χ2v) is 9.35. The summed E-state index contributed by atoms with van der Waals surface area (Å²) in [5, 5.41) is 2.12. The van der Waals surface area contributed by atoms with Crippen LogP contribution in [0, 0.1) is 12.8 Å². The first-order chi connectivity index (χ1) is 13.8. The molecule has 0 fully saturated rings. The molecule has 0 saturated heterocycles. The molecular weight excluding hydrogens is 382 g/mol. The van der Waals surface area contributed by atoms with E-state index in [1.165, 1.54) is 16.0 Å². The Labute approximate surface area is 177 Å². The van der Waals surface area contributed by atoms with Gasteiger partial charge in [-0.1, -0.05) is 38.1 Å². The monoisotopic (exact) mass is 413 g/mol. The summed E-state index contributed by atoms with van der Waals surface area (Å²) in [7, 11) is 3.46. The fourth-order valence-corrected chi connectivity index (χ4v) is 4.91. The van der Waals surface area contributed by atoms with Crippen LogP contribution < -0.4 is 0 Å². The molecule has 1 aromatic heterocycles. The molecule has 6 heteroatoms. The van der Waals surface area contributed by atoms with E-state index in [0.717, 1.165) is 12.0 Å². The number of hydrogen-bond acceptors (Lipinski definition) is 3. The SMILES string of the molecule is Cc1ccccc1[C@H]1c2ccsc2CCN1C(=O)CN(CC(C)C)C(=O)N(C)C. The molecule has 3 amide bonds. The number of thiophene rings is 1. The van der Waals surface area contributed by atoms with E-state index in [2.05, 4.69) is 44.4 Å². The van der Waals surface area contributed by atoms with Gasteiger partial charge in [0.05, 0.1) is 6.04 Å². The topological polar surface area (TPSA) is 43.9 Å². The van der Waals surface area contributed by atoms with E-state index < -0.39 is 0 Å². The minimum Gasteiger partial charge on any atom is -0.331 e. The standard InChI is InChI=1S/C23H31N3O2S/c1-16(2)14-25(23(28)24(4)5)15-21(27)26-12-10-20-19(11-13-29-20)22(26)18-9-7-6-8-17(18)3/h6-9,11,13,16,22H,10,12,14-15H2,1-5H3/t22-/m0/s1. The number of nitrogens with zero attached hydrogens (tertiary/aromatic N) is 3. The van der Waals surface area contributed by atoms with Crippen molar-refractivity contribution in [2.24, 2.45) is 5.92 Å². The zero-order valence-corrected chi connectivity index (χ0v) is 18.8. The highest BCUT2D eigenvalue weighted by Gasteiger charge is 2.34. The maximum Gasteiger partial charge on any atom is 0.319 e. The molecule has 5 nitrogen and oxygen atoms in total. The number of fused-ring (bicyclic) bond motifs is 1. The molecule has 1 atom stereocenters. The first-order valence-electron chi connectivity index (χ1n) is 10.2. The van der Waals surface area contributed by atoms with E-state index in [9.17, 15) is 9.59 Å². The maximum absolute atomic E-state index is 13.5. The highest BCUT2D eigenvalue weighted by Crippen LogP contribution is 2.39. The lowest BCUT2D eigenvalue weighted by molar-refractivity contribution is -0.134. The van der Waals surface area contributed by atoms with E-state index in [1.807, 2.05) is 17.0 Å². The maximum atomic E-state index is 13.5. The van der Waals surface area contributed by atoms with Crippen LogP contribution in [0.4, 0.5) is 4.79 Å². The number of hydrogen-bond donors (Lipinski definition) is 0. The number of amides is 3. The summed E-state index contributed by atoms with van der Waals surface area (Å²) in [6.07, 6.45) is 0.868. The Bertz CT molecular complexity index is 875. The lowest BCUT2D eigenvalue weighted by atomic mass is 9.90. The Morgan fingerprint density at radius 2 is 1.90 bits per heavy atom. The first-order valence-corrected chi connectivity index (χ1v) is 11.0. The van der Waals surface area contributed by atoms with Crippen molar-refractivity contribution >= 4 is 23.3 Å². The lowest BCUT2D eigenvalue weighted by Crippen LogP contribution is -2.49. The molecule has 0 aliphatic carbocycles. The summed E-state index contributed by atoms with van der Waals surface area (Å²) in [6.45, 7) is 7.58. The van der Waals surface area contributed by atoms with Gasteiger partial charge in [0.15, 0.2) is 0 Å². The van der Waals surface area contributed by atoms with Gasteiger partial charge in [-0.3, -0.25) is 4.79 Å². The Kier molecular flexibility index (Phi) is 6.63. The Morgan fingerprint density at radius 1 is 1.17 bits per heavy atom. The number of rotatable bonds is 5. The molecule has 156 valence electrons. The fourth-order valence-electron chi connectivity index (χ4n) is 4.00. The van der Waals surface area contributed by atoms with Gasteiger partial charge in [0.1, 0.15) is 6.54 Å². The Balaban J connectivity index is 1.92. The summed E-state index contributed by atoms with van der Waals surface area (Å²) in [5.41, 5.74) is 3.56. The second kappa shape index (κ2) is 8.99. The smallest absolute Gasteiger partial charge is 0.319 e. The van der Waals surface area contributed by atoms with Gasteiger partial charge in [0.25, 0.3) is 0 Å². The molecule has 0 spiro atoms. The van der Waals surface area contributed by atoms with Crippen LogP contribution in [0.25, 0.3) is 0 Å². The predicted octanol–water partition coefficient (Wildman–Crippen LogP) is 4.17. The molecule has 0 N–H and O–H groups in total. The summed E-state index contributed by atoms with van der Waals surface area (Å²) in [4.78, 5) is 32.6. The van der Waals surface area contributed by atoms with Crippen LogP contribution >= 0.6 is 11.3 Å². The van der Waals surface area contributed by atoms with E-state index in [-0.39, 0.29) is 24.5 Å². The molecule has 1 aromatic carbocycles. The van der Waals surface area contributed by atoms with E-state index in [0.29, 0.717) is 19.0 Å². The molecule has 0 bridgehead atoms. The van der Waals surface area contributed by atoms with Crippen molar-refractivity contribution in [3.05, 3.63) is 57.3 Å². The van der Waals surface area contributed by atoms with Crippen molar-refractivity contribution in [1.29, 1.82) is 0 Å². The normalized spacial score (nSPS) is 15.9. The molecule has 2 aromatic rings. The van der Waals surface area contributed by atoms with Crippen molar-refractivity contribution in [1.82, 2.24) is 14.7 Å². The van der Waals surface area contributed by atoms with Gasteiger partial charge in [0.2, 0.25) is 5.91 Å². The highest BCUT2D eigenvalue weighted by molar-refractivity contribution is 7.10. The molecule has 3 rings (SSSR count).